The summed E-state index contributed by atoms with van der Waals surface area (Å²) in [6, 6.07) is 9.68. The van der Waals surface area contributed by atoms with Crippen LogP contribution in [0.2, 0.25) is 0 Å². The number of rotatable bonds is 5. The van der Waals surface area contributed by atoms with Gasteiger partial charge < -0.3 is 15.7 Å². The van der Waals surface area contributed by atoms with Crippen molar-refractivity contribution < 1.29 is 14.7 Å². The minimum atomic E-state index is -0.304. The number of hydrogen-bond acceptors (Lipinski definition) is 5. The topological polar surface area (TPSA) is 109 Å². The zero-order chi connectivity index (χ0) is 22.0. The lowest BCUT2D eigenvalue weighted by Crippen LogP contribution is -2.36. The van der Waals surface area contributed by atoms with Crippen LogP contribution in [0.1, 0.15) is 55.1 Å². The standard InChI is InChI=1S/C23H25N5O3/c1-14(2)25-23(31)28-20(15-5-3-6-15)12-19(27-28)18-11-17(8-9-21(18)29)26-22(30)16-7-4-10-24-13-16/h4,7-15,29H,3,5-6H2,1-2H3,(H,25,31)(H,26,30). The lowest BCUT2D eigenvalue weighted by molar-refractivity contribution is 0.102. The number of phenols is 1. The average molecular weight is 419 g/mol. The van der Waals surface area contributed by atoms with E-state index in [1.54, 1.807) is 30.5 Å². The summed E-state index contributed by atoms with van der Waals surface area (Å²) >= 11 is 0. The Morgan fingerprint density at radius 3 is 2.65 bits per heavy atom. The Morgan fingerprint density at radius 2 is 2.00 bits per heavy atom. The first-order valence-electron chi connectivity index (χ1n) is 10.4. The van der Waals surface area contributed by atoms with Crippen molar-refractivity contribution in [2.45, 2.75) is 45.1 Å². The first kappa shape index (κ1) is 20.6. The summed E-state index contributed by atoms with van der Waals surface area (Å²) in [4.78, 5) is 29.1. The smallest absolute Gasteiger partial charge is 0.342 e. The largest absolute Gasteiger partial charge is 0.507 e. The number of nitrogens with one attached hydrogen (secondary N) is 2. The van der Waals surface area contributed by atoms with Gasteiger partial charge in [0.2, 0.25) is 0 Å². The SMILES string of the molecule is CC(C)NC(=O)n1nc(-c2cc(NC(=O)c3cccnc3)ccc2O)cc1C1CCC1. The maximum atomic E-state index is 12.7. The van der Waals surface area contributed by atoms with Gasteiger partial charge >= 0.3 is 6.03 Å². The van der Waals surface area contributed by atoms with Crippen molar-refractivity contribution in [2.75, 3.05) is 5.32 Å². The number of anilines is 1. The summed E-state index contributed by atoms with van der Waals surface area (Å²) in [6.45, 7) is 3.79. The van der Waals surface area contributed by atoms with Crippen molar-refractivity contribution in [3.05, 3.63) is 60.0 Å². The van der Waals surface area contributed by atoms with Crippen molar-refractivity contribution in [1.29, 1.82) is 0 Å². The van der Waals surface area contributed by atoms with Crippen LogP contribution in [0, 0.1) is 0 Å². The molecular weight excluding hydrogens is 394 g/mol. The molecule has 1 aliphatic rings. The maximum Gasteiger partial charge on any atom is 0.342 e. The summed E-state index contributed by atoms with van der Waals surface area (Å²) < 4.78 is 1.40. The second kappa shape index (κ2) is 8.59. The molecule has 0 atom stereocenters. The minimum Gasteiger partial charge on any atom is -0.507 e. The van der Waals surface area contributed by atoms with E-state index in [-0.39, 0.29) is 29.6 Å². The number of aromatic hydroxyl groups is 1. The molecule has 2 aromatic heterocycles. The highest BCUT2D eigenvalue weighted by Gasteiger charge is 2.28. The third-order valence-electron chi connectivity index (χ3n) is 5.32. The summed E-state index contributed by atoms with van der Waals surface area (Å²) in [6.07, 6.45) is 6.22. The van der Waals surface area contributed by atoms with Gasteiger partial charge in [0.1, 0.15) is 5.75 Å². The first-order valence-corrected chi connectivity index (χ1v) is 10.4. The Balaban J connectivity index is 1.65. The van der Waals surface area contributed by atoms with Gasteiger partial charge in [0.25, 0.3) is 5.91 Å². The Bertz CT molecular complexity index is 1100. The summed E-state index contributed by atoms with van der Waals surface area (Å²) in [5, 5.41) is 20.6. The molecule has 0 bridgehead atoms. The number of pyridine rings is 1. The van der Waals surface area contributed by atoms with Gasteiger partial charge in [-0.05, 0) is 63.1 Å². The van der Waals surface area contributed by atoms with E-state index in [1.165, 1.54) is 16.9 Å². The molecule has 1 aromatic carbocycles. The Labute approximate surface area is 180 Å². The van der Waals surface area contributed by atoms with E-state index < -0.39 is 0 Å². The number of phenolic OH excluding ortho intramolecular Hbond substituents is 1. The molecule has 0 saturated heterocycles. The minimum absolute atomic E-state index is 0.0196. The van der Waals surface area contributed by atoms with Crippen LogP contribution in [0.25, 0.3) is 11.3 Å². The molecule has 8 nitrogen and oxygen atoms in total. The quantitative estimate of drug-likeness (QED) is 0.539. The van der Waals surface area contributed by atoms with Crippen LogP contribution in [-0.2, 0) is 0 Å². The fourth-order valence-corrected chi connectivity index (χ4v) is 3.51. The van der Waals surface area contributed by atoms with E-state index in [9.17, 15) is 14.7 Å². The molecule has 0 unspecified atom stereocenters. The van der Waals surface area contributed by atoms with Gasteiger partial charge in [-0.25, -0.2) is 4.79 Å². The Kier molecular flexibility index (Phi) is 5.70. The zero-order valence-electron chi connectivity index (χ0n) is 17.5. The molecule has 0 spiro atoms. The zero-order valence-corrected chi connectivity index (χ0v) is 17.5. The maximum absolute atomic E-state index is 12.7. The molecule has 2 heterocycles. The molecule has 1 saturated carbocycles. The summed E-state index contributed by atoms with van der Waals surface area (Å²) in [5.74, 6) is -0.00929. The highest BCUT2D eigenvalue weighted by Crippen LogP contribution is 2.39. The van der Waals surface area contributed by atoms with Crippen LogP contribution >= 0.6 is 0 Å². The Hall–Kier alpha value is -3.68. The van der Waals surface area contributed by atoms with Gasteiger partial charge in [0.05, 0.1) is 17.0 Å². The van der Waals surface area contributed by atoms with Gasteiger partial charge in [-0.3, -0.25) is 9.78 Å². The Morgan fingerprint density at radius 1 is 1.19 bits per heavy atom. The van der Waals surface area contributed by atoms with Crippen molar-refractivity contribution in [3.63, 3.8) is 0 Å². The summed E-state index contributed by atoms with van der Waals surface area (Å²) in [5.41, 5.74) is 2.70. The lowest BCUT2D eigenvalue weighted by Gasteiger charge is -2.25. The third-order valence-corrected chi connectivity index (χ3v) is 5.32. The molecular formula is C23H25N5O3. The van der Waals surface area contributed by atoms with Gasteiger partial charge in [0, 0.05) is 35.6 Å². The van der Waals surface area contributed by atoms with Crippen molar-refractivity contribution in [1.82, 2.24) is 20.1 Å². The second-order valence-corrected chi connectivity index (χ2v) is 8.03. The number of hydrogen-bond donors (Lipinski definition) is 3. The molecule has 4 rings (SSSR count). The highest BCUT2D eigenvalue weighted by atomic mass is 16.3. The first-order chi connectivity index (χ1) is 14.9. The van der Waals surface area contributed by atoms with Crippen LogP contribution in [-0.4, -0.2) is 37.9 Å². The monoisotopic (exact) mass is 419 g/mol. The average Bonchev–Trinajstić information content (AvgIpc) is 3.13. The molecule has 3 N–H and O–H groups in total. The molecule has 0 aliphatic heterocycles. The number of benzene rings is 1. The summed E-state index contributed by atoms with van der Waals surface area (Å²) in [7, 11) is 0. The number of nitrogens with zero attached hydrogens (tertiary/aromatic N) is 3. The van der Waals surface area contributed by atoms with E-state index in [2.05, 4.69) is 20.7 Å². The fourth-order valence-electron chi connectivity index (χ4n) is 3.51. The van der Waals surface area contributed by atoms with Crippen LogP contribution < -0.4 is 10.6 Å². The normalized spacial score (nSPS) is 13.6. The lowest BCUT2D eigenvalue weighted by atomic mass is 9.82. The predicted molar refractivity (Wildman–Crippen MR) is 117 cm³/mol. The number of aromatic nitrogens is 3. The molecule has 0 radical (unpaired) electrons. The molecule has 2 amide bonds. The van der Waals surface area contributed by atoms with Crippen LogP contribution in [0.5, 0.6) is 5.75 Å². The van der Waals surface area contributed by atoms with E-state index in [4.69, 9.17) is 0 Å². The molecule has 8 heteroatoms. The van der Waals surface area contributed by atoms with Crippen molar-refractivity contribution in [3.8, 4) is 17.0 Å². The van der Waals surface area contributed by atoms with Gasteiger partial charge in [-0.1, -0.05) is 6.42 Å². The van der Waals surface area contributed by atoms with E-state index in [1.807, 2.05) is 19.9 Å². The van der Waals surface area contributed by atoms with Gasteiger partial charge in [-0.2, -0.15) is 9.78 Å². The predicted octanol–water partition coefficient (Wildman–Crippen LogP) is 4.14. The number of amides is 2. The van der Waals surface area contributed by atoms with Gasteiger partial charge in [0.15, 0.2) is 0 Å². The van der Waals surface area contributed by atoms with E-state index in [0.29, 0.717) is 22.5 Å². The third kappa shape index (κ3) is 4.42. The van der Waals surface area contributed by atoms with E-state index >= 15 is 0 Å². The van der Waals surface area contributed by atoms with Gasteiger partial charge in [-0.15, -0.1) is 0 Å². The van der Waals surface area contributed by atoms with Crippen LogP contribution in [0.15, 0.2) is 48.8 Å². The highest BCUT2D eigenvalue weighted by molar-refractivity contribution is 6.04. The molecule has 1 aliphatic carbocycles. The number of carbonyl (C=O) groups is 2. The molecule has 3 aromatic rings. The van der Waals surface area contributed by atoms with Crippen LogP contribution in [0.3, 0.4) is 0 Å². The second-order valence-electron chi connectivity index (χ2n) is 8.03. The van der Waals surface area contributed by atoms with Crippen molar-refractivity contribution >= 4 is 17.6 Å². The molecule has 160 valence electrons. The fraction of sp³-hybridized carbons (Fsp3) is 0.304. The molecule has 1 fully saturated rings. The number of carbonyl (C=O) groups excluding carboxylic acids is 2. The van der Waals surface area contributed by atoms with Crippen molar-refractivity contribution in [2.24, 2.45) is 0 Å². The van der Waals surface area contributed by atoms with E-state index in [0.717, 1.165) is 25.0 Å². The van der Waals surface area contributed by atoms with Crippen LogP contribution in [0.4, 0.5) is 10.5 Å². The molecule has 31 heavy (non-hydrogen) atoms.